The number of carbonyl (C=O) groups is 8. The van der Waals surface area contributed by atoms with E-state index >= 15 is 0 Å². The monoisotopic (exact) mass is 1350 g/mol. The largest absolute Gasteiger partial charge is 0.492 e. The van der Waals surface area contributed by atoms with Crippen LogP contribution in [0.2, 0.25) is 0 Å². The van der Waals surface area contributed by atoms with Gasteiger partial charge in [0.05, 0.1) is 12.8 Å². The van der Waals surface area contributed by atoms with Gasteiger partial charge in [0.25, 0.3) is 21.9 Å². The van der Waals surface area contributed by atoms with Crippen molar-refractivity contribution in [3.05, 3.63) is 82.4 Å². The summed E-state index contributed by atoms with van der Waals surface area (Å²) in [6.45, 7) is 2.31. The lowest BCUT2D eigenvalue weighted by molar-refractivity contribution is -0.697. The van der Waals surface area contributed by atoms with Crippen LogP contribution in [0.1, 0.15) is 124 Å². The Morgan fingerprint density at radius 1 is 0.711 bits per heavy atom. The number of benzene rings is 1. The summed E-state index contributed by atoms with van der Waals surface area (Å²) in [6.07, 6.45) is 8.31. The van der Waals surface area contributed by atoms with Crippen molar-refractivity contribution in [1.29, 1.82) is 0 Å². The minimum atomic E-state index is -4.83. The highest BCUT2D eigenvalue weighted by Crippen LogP contribution is 2.35. The molecule has 0 saturated carbocycles. The lowest BCUT2D eigenvalue weighted by Crippen LogP contribution is -2.54. The smallest absolute Gasteiger partial charge is 0.333 e. The molecule has 0 aliphatic carbocycles. The number of imide groups is 1. The molecule has 7 amide bonds. The quantitative estimate of drug-likeness (QED) is 0.0310. The van der Waals surface area contributed by atoms with Gasteiger partial charge in [-0.3, -0.25) is 47.2 Å². The molecular formula is C57H71N8O20S5+. The second-order valence-corrected chi connectivity index (χ2v) is 28.5. The Hall–Kier alpha value is -7.53. The number of aromatic nitrogens is 2. The minimum Gasteiger partial charge on any atom is -0.492 e. The summed E-state index contributed by atoms with van der Waals surface area (Å²) in [5.74, 6) is -4.89. The molecule has 3 unspecified atom stereocenters. The normalized spacial score (nSPS) is 18.8. The number of thiophene rings is 2. The summed E-state index contributed by atoms with van der Waals surface area (Å²) < 4.78 is 116. The average Bonchev–Trinajstić information content (AvgIpc) is 1.31. The Morgan fingerprint density at radius 2 is 1.32 bits per heavy atom. The van der Waals surface area contributed by atoms with Gasteiger partial charge >= 0.3 is 26.2 Å². The molecule has 0 radical (unpaired) electrons. The van der Waals surface area contributed by atoms with Crippen LogP contribution in [0.5, 0.6) is 5.75 Å². The molecule has 5 aliphatic rings. The Bertz CT molecular complexity index is 3740. The summed E-state index contributed by atoms with van der Waals surface area (Å²) in [5.41, 5.74) is 1.47. The van der Waals surface area contributed by atoms with Gasteiger partial charge in [-0.2, -0.15) is 25.3 Å². The van der Waals surface area contributed by atoms with Crippen molar-refractivity contribution >= 4 is 100 Å². The topological polar surface area (TPSA) is 411 Å². The predicted octanol–water partition coefficient (Wildman–Crippen LogP) is 4.49. The van der Waals surface area contributed by atoms with E-state index in [0.29, 0.717) is 89.5 Å². The molecule has 28 nitrogen and oxygen atoms in total. The number of hydrogen-bond donors (Lipinski definition) is 8. The number of carbonyl (C=O) groups excluding carboxylic acids is 8. The molecule has 90 heavy (non-hydrogen) atoms. The summed E-state index contributed by atoms with van der Waals surface area (Å²) in [5, 5.41) is 14.1. The van der Waals surface area contributed by atoms with E-state index in [9.17, 15) is 77.3 Å². The first-order valence-electron chi connectivity index (χ1n) is 29.1. The van der Waals surface area contributed by atoms with Crippen molar-refractivity contribution in [3.63, 3.8) is 0 Å². The summed E-state index contributed by atoms with van der Waals surface area (Å²) >= 11 is 1.38. The zero-order valence-electron chi connectivity index (χ0n) is 49.0. The maximum atomic E-state index is 14.3. The molecule has 33 heteroatoms. The van der Waals surface area contributed by atoms with Crippen molar-refractivity contribution in [2.45, 2.75) is 167 Å². The Labute approximate surface area is 527 Å². The molecule has 4 aromatic heterocycles. The SMILES string of the molecule is Cc1cc2c(S(=O)(=O)O)cc1-c1cnc(o1)-c1cc[n+](cc1)CCCCCC(=O)NC(Cc1ccc(S(=O)(=O)O)s1)C(=O)NCCCCC(C(=O)NCCCCCC(=O)ON1C(=O)CCC1=O)NC(=O)C(Cc1ccc(S(=O)(=O)O)s1)NC(=O)CCCCCO2. The van der Waals surface area contributed by atoms with Crippen LogP contribution in [0.15, 0.2) is 84.9 Å². The first-order valence-corrected chi connectivity index (χ1v) is 35.0. The molecule has 10 rings (SSSR count). The van der Waals surface area contributed by atoms with Crippen molar-refractivity contribution < 1.29 is 95.8 Å². The van der Waals surface area contributed by atoms with Crippen molar-refractivity contribution in [1.82, 2.24) is 36.6 Å². The number of nitrogens with one attached hydrogen (secondary N) is 5. The number of rotatable bonds is 15. The fraction of sp³-hybridized carbons (Fsp3) is 0.474. The zero-order chi connectivity index (χ0) is 65.2. The minimum absolute atomic E-state index is 0.00598. The molecule has 0 spiro atoms. The summed E-state index contributed by atoms with van der Waals surface area (Å²) in [4.78, 5) is 115. The van der Waals surface area contributed by atoms with Crippen LogP contribution in [0.25, 0.3) is 22.8 Å². The number of amides is 7. The highest BCUT2D eigenvalue weighted by molar-refractivity contribution is 7.88. The van der Waals surface area contributed by atoms with Crippen LogP contribution < -0.4 is 35.9 Å². The van der Waals surface area contributed by atoms with Crippen LogP contribution in [0.4, 0.5) is 0 Å². The Morgan fingerprint density at radius 3 is 1.92 bits per heavy atom. The van der Waals surface area contributed by atoms with Gasteiger partial charge in [0.15, 0.2) is 18.2 Å². The number of nitrogens with zero attached hydrogens (tertiary/aromatic N) is 3. The second-order valence-electron chi connectivity index (χ2n) is 21.4. The molecule has 6 bridgehead atoms. The predicted molar refractivity (Wildman–Crippen MR) is 322 cm³/mol. The number of pyridine rings is 1. The highest BCUT2D eigenvalue weighted by Gasteiger charge is 2.33. The highest BCUT2D eigenvalue weighted by atomic mass is 32.3. The average molecular weight is 1350 g/mol. The fourth-order valence-electron chi connectivity index (χ4n) is 9.65. The van der Waals surface area contributed by atoms with Gasteiger partial charge in [-0.1, -0.05) is 6.42 Å². The van der Waals surface area contributed by atoms with Gasteiger partial charge in [-0.15, -0.1) is 27.7 Å². The molecule has 5 aromatic rings. The van der Waals surface area contributed by atoms with E-state index in [1.165, 1.54) is 36.5 Å². The molecular weight excluding hydrogens is 1280 g/mol. The second kappa shape index (κ2) is 32.5. The van der Waals surface area contributed by atoms with E-state index in [1.807, 2.05) is 17.0 Å². The summed E-state index contributed by atoms with van der Waals surface area (Å²) in [7, 11) is -14.0. The number of unbranched alkanes of at least 4 members (excludes halogenated alkanes) is 2. The number of ether oxygens (including phenoxy) is 1. The van der Waals surface area contributed by atoms with Crippen LogP contribution in [-0.2, 0) is 92.9 Å². The molecule has 3 atom stereocenters. The van der Waals surface area contributed by atoms with Crippen LogP contribution in [0, 0.1) is 6.92 Å². The third-order valence-corrected chi connectivity index (χ3v) is 20.1. The van der Waals surface area contributed by atoms with Crippen molar-refractivity contribution in [2.24, 2.45) is 0 Å². The van der Waals surface area contributed by atoms with E-state index < -0.39 is 105 Å². The third-order valence-electron chi connectivity index (χ3n) is 14.4. The molecule has 1 aromatic carbocycles. The zero-order valence-corrected chi connectivity index (χ0v) is 53.1. The van der Waals surface area contributed by atoms with Gasteiger partial charge < -0.3 is 40.6 Å². The van der Waals surface area contributed by atoms with Crippen molar-refractivity contribution in [3.8, 4) is 28.5 Å². The van der Waals surface area contributed by atoms with Gasteiger partial charge in [0.2, 0.25) is 35.4 Å². The maximum absolute atomic E-state index is 14.3. The van der Waals surface area contributed by atoms with E-state index in [0.717, 1.165) is 17.4 Å². The van der Waals surface area contributed by atoms with Crippen LogP contribution >= 0.6 is 22.7 Å². The Kier molecular flexibility index (Phi) is 25.2. The molecule has 1 fully saturated rings. The molecule has 8 N–H and O–H groups in total. The number of hydrogen-bond acceptors (Lipinski definition) is 20. The molecule has 5 aliphatic heterocycles. The first kappa shape index (κ1) is 69.9. The lowest BCUT2D eigenvalue weighted by atomic mass is 10.1. The van der Waals surface area contributed by atoms with Gasteiger partial charge in [0, 0.05) is 97.5 Å². The van der Waals surface area contributed by atoms with Crippen LogP contribution in [-0.4, -0.2) is 134 Å². The van der Waals surface area contributed by atoms with Gasteiger partial charge in [0.1, 0.15) is 43.7 Å². The van der Waals surface area contributed by atoms with E-state index in [1.54, 1.807) is 19.1 Å². The standard InChI is InChI=1S/C57H70N8O20S5/c1-36-31-44-46(88(74,75)76)34-40(36)45-35-60-57(84-45)37-23-28-64(29-24-37)27-11-3-5-14-47(66)61-42(32-38-17-21-52(86-38)89(77,78)79)55(72)59-26-10-8-13-41(54(71)58-25-9-2-7-16-51(70)85-65-49(68)19-20-50(65)69)63-56(73)43(62-48(67)15-6-4-12-30-83-44)33-39-18-22-53(87-39)90(80,81)82/h17-18,21-24,28-29,31,34-35,41-43H,2-16,19-20,25-27,30,32-33H2,1H3,(H7-,58,59,61,62,63,66,67,71,72,73,74,75,76,77,78,79,80,81,82)/p+1. The summed E-state index contributed by atoms with van der Waals surface area (Å²) in [6, 6.07) is 7.45. The number of hydroxylamine groups is 2. The van der Waals surface area contributed by atoms with Gasteiger partial charge in [-0.05, 0) is 113 Å². The Balaban J connectivity index is 1.08. The van der Waals surface area contributed by atoms with Crippen LogP contribution in [0.3, 0.4) is 0 Å². The first-order chi connectivity index (χ1) is 42.7. The third kappa shape index (κ3) is 21.3. The fourth-order valence-corrected chi connectivity index (χ4v) is 13.8. The van der Waals surface area contributed by atoms with E-state index in [4.69, 9.17) is 14.0 Å². The maximum Gasteiger partial charge on any atom is 0.333 e. The molecule has 9 heterocycles. The lowest BCUT2D eigenvalue weighted by Gasteiger charge is -2.23. The van der Waals surface area contributed by atoms with Crippen molar-refractivity contribution in [2.75, 3.05) is 19.7 Å². The number of aryl methyl sites for hydroxylation is 2. The van der Waals surface area contributed by atoms with Gasteiger partial charge in [-0.25, -0.2) is 14.3 Å². The molecule has 1 saturated heterocycles. The number of oxazole rings is 1. The van der Waals surface area contributed by atoms with E-state index in [-0.39, 0.29) is 123 Å². The molecule has 488 valence electrons. The van der Waals surface area contributed by atoms with E-state index in [2.05, 4.69) is 31.6 Å².